The molecule has 0 saturated carbocycles. The van der Waals surface area contributed by atoms with Gasteiger partial charge in [0.25, 0.3) is 0 Å². The lowest BCUT2D eigenvalue weighted by molar-refractivity contribution is -0.143. The second-order valence-electron chi connectivity index (χ2n) is 6.25. The third-order valence-corrected chi connectivity index (χ3v) is 4.33. The van der Waals surface area contributed by atoms with Crippen molar-refractivity contribution < 1.29 is 28.2 Å². The van der Waals surface area contributed by atoms with Gasteiger partial charge in [-0.1, -0.05) is 6.07 Å². The molecule has 1 aromatic heterocycles. The molecule has 6 nitrogen and oxygen atoms in total. The van der Waals surface area contributed by atoms with E-state index in [2.05, 4.69) is 0 Å². The highest BCUT2D eigenvalue weighted by Crippen LogP contribution is 2.23. The van der Waals surface area contributed by atoms with Crippen LogP contribution in [0.25, 0.3) is 5.69 Å². The van der Waals surface area contributed by atoms with E-state index in [1.54, 1.807) is 36.6 Å². The number of esters is 1. The SMILES string of the molecule is Cc1ccc(-n2c(C)cc(C(=O)COC(=O)C3=COCCO3)c2C)cc1F. The molecule has 0 unspecified atom stereocenters. The van der Waals surface area contributed by atoms with E-state index in [1.165, 1.54) is 12.3 Å². The summed E-state index contributed by atoms with van der Waals surface area (Å²) < 4.78 is 30.8. The monoisotopic (exact) mass is 373 g/mol. The summed E-state index contributed by atoms with van der Waals surface area (Å²) >= 11 is 0. The Kier molecular flexibility index (Phi) is 5.30. The zero-order chi connectivity index (χ0) is 19.6. The Balaban J connectivity index is 1.77. The van der Waals surface area contributed by atoms with Crippen LogP contribution < -0.4 is 0 Å². The summed E-state index contributed by atoms with van der Waals surface area (Å²) in [6.07, 6.45) is 1.17. The van der Waals surface area contributed by atoms with Crippen LogP contribution in [0.4, 0.5) is 4.39 Å². The first-order valence-corrected chi connectivity index (χ1v) is 8.49. The molecule has 3 rings (SSSR count). The summed E-state index contributed by atoms with van der Waals surface area (Å²) in [5.41, 5.74) is 3.01. The molecule has 0 N–H and O–H groups in total. The standard InChI is InChI=1S/C20H20FNO5/c1-12-4-5-15(9-17(12)21)22-13(2)8-16(14(22)3)18(23)10-27-20(24)19-11-25-6-7-26-19/h4-5,8-9,11H,6-7,10H2,1-3H3. The molecule has 1 aliphatic rings. The normalized spacial score (nSPS) is 13.4. The fourth-order valence-electron chi connectivity index (χ4n) is 2.92. The van der Waals surface area contributed by atoms with Gasteiger partial charge in [-0.3, -0.25) is 4.79 Å². The van der Waals surface area contributed by atoms with Gasteiger partial charge in [-0.15, -0.1) is 0 Å². The molecule has 1 aliphatic heterocycles. The first-order valence-electron chi connectivity index (χ1n) is 8.49. The van der Waals surface area contributed by atoms with Crippen molar-refractivity contribution in [2.45, 2.75) is 20.8 Å². The molecule has 2 aromatic rings. The number of hydrogen-bond donors (Lipinski definition) is 0. The zero-order valence-electron chi connectivity index (χ0n) is 15.4. The van der Waals surface area contributed by atoms with Crippen LogP contribution in [0, 0.1) is 26.6 Å². The van der Waals surface area contributed by atoms with Crippen molar-refractivity contribution in [2.24, 2.45) is 0 Å². The van der Waals surface area contributed by atoms with Crippen LogP contribution >= 0.6 is 0 Å². The van der Waals surface area contributed by atoms with E-state index in [4.69, 9.17) is 14.2 Å². The van der Waals surface area contributed by atoms with Crippen LogP contribution in [-0.4, -0.2) is 36.1 Å². The summed E-state index contributed by atoms with van der Waals surface area (Å²) in [4.78, 5) is 24.4. The minimum atomic E-state index is -0.752. The van der Waals surface area contributed by atoms with E-state index in [0.717, 1.165) is 5.69 Å². The number of hydrogen-bond acceptors (Lipinski definition) is 5. The molecule has 0 atom stereocenters. The molecule has 0 aliphatic carbocycles. The molecule has 0 saturated heterocycles. The smallest absolute Gasteiger partial charge is 0.377 e. The number of aromatic nitrogens is 1. The molecule has 1 aromatic carbocycles. The van der Waals surface area contributed by atoms with Crippen LogP contribution in [-0.2, 0) is 19.0 Å². The van der Waals surface area contributed by atoms with Crippen molar-refractivity contribution >= 4 is 11.8 Å². The molecule has 7 heteroatoms. The number of rotatable bonds is 5. The average molecular weight is 373 g/mol. The van der Waals surface area contributed by atoms with Crippen molar-refractivity contribution in [1.82, 2.24) is 4.57 Å². The lowest BCUT2D eigenvalue weighted by atomic mass is 10.1. The van der Waals surface area contributed by atoms with E-state index in [-0.39, 0.29) is 24.0 Å². The number of ketones is 1. The van der Waals surface area contributed by atoms with Gasteiger partial charge in [0.1, 0.15) is 25.3 Å². The summed E-state index contributed by atoms with van der Waals surface area (Å²) in [5.74, 6) is -1.48. The first-order chi connectivity index (χ1) is 12.9. The Morgan fingerprint density at radius 1 is 1.19 bits per heavy atom. The van der Waals surface area contributed by atoms with Gasteiger partial charge >= 0.3 is 5.97 Å². The van der Waals surface area contributed by atoms with Gasteiger partial charge in [0.05, 0.1) is 0 Å². The molecule has 0 bridgehead atoms. The predicted octanol–water partition coefficient (Wildman–Crippen LogP) is 3.16. The molecule has 0 fully saturated rings. The molecule has 0 amide bonds. The highest BCUT2D eigenvalue weighted by atomic mass is 19.1. The maximum atomic E-state index is 13.9. The summed E-state index contributed by atoms with van der Waals surface area (Å²) in [6, 6.07) is 6.60. The second kappa shape index (κ2) is 7.65. The summed E-state index contributed by atoms with van der Waals surface area (Å²) in [7, 11) is 0. The van der Waals surface area contributed by atoms with Crippen molar-refractivity contribution in [3.63, 3.8) is 0 Å². The van der Waals surface area contributed by atoms with Gasteiger partial charge in [0.2, 0.25) is 11.5 Å². The topological polar surface area (TPSA) is 66.8 Å². The van der Waals surface area contributed by atoms with Gasteiger partial charge in [0.15, 0.2) is 6.61 Å². The number of carbonyl (C=O) groups excluding carboxylic acids is 2. The predicted molar refractivity (Wildman–Crippen MR) is 95.2 cm³/mol. The van der Waals surface area contributed by atoms with E-state index in [1.807, 2.05) is 6.92 Å². The van der Waals surface area contributed by atoms with Crippen molar-refractivity contribution in [1.29, 1.82) is 0 Å². The van der Waals surface area contributed by atoms with Crippen LogP contribution in [0.2, 0.25) is 0 Å². The van der Waals surface area contributed by atoms with Crippen LogP contribution in [0.3, 0.4) is 0 Å². The zero-order valence-corrected chi connectivity index (χ0v) is 15.4. The molecular weight excluding hydrogens is 353 g/mol. The maximum Gasteiger partial charge on any atom is 0.377 e. The van der Waals surface area contributed by atoms with Crippen LogP contribution in [0.1, 0.15) is 27.3 Å². The Labute approximate surface area is 156 Å². The maximum absolute atomic E-state index is 13.9. The third kappa shape index (κ3) is 3.86. The average Bonchev–Trinajstić information content (AvgIpc) is 2.97. The quantitative estimate of drug-likeness (QED) is 0.595. The third-order valence-electron chi connectivity index (χ3n) is 4.33. The van der Waals surface area contributed by atoms with Crippen molar-refractivity contribution in [3.8, 4) is 5.69 Å². The number of carbonyl (C=O) groups is 2. The largest absolute Gasteiger partial charge is 0.493 e. The van der Waals surface area contributed by atoms with E-state index < -0.39 is 12.6 Å². The number of ether oxygens (including phenoxy) is 3. The highest BCUT2D eigenvalue weighted by molar-refractivity contribution is 6.00. The first kappa shape index (κ1) is 18.7. The second-order valence-corrected chi connectivity index (χ2v) is 6.25. The molecule has 2 heterocycles. The van der Waals surface area contributed by atoms with Crippen LogP contribution in [0.5, 0.6) is 0 Å². The van der Waals surface area contributed by atoms with Crippen molar-refractivity contribution in [3.05, 3.63) is 64.6 Å². The lowest BCUT2D eigenvalue weighted by Gasteiger charge is -2.14. The highest BCUT2D eigenvalue weighted by Gasteiger charge is 2.21. The van der Waals surface area contributed by atoms with Gasteiger partial charge in [-0.25, -0.2) is 9.18 Å². The Morgan fingerprint density at radius 3 is 2.63 bits per heavy atom. The van der Waals surface area contributed by atoms with Crippen molar-refractivity contribution in [2.75, 3.05) is 19.8 Å². The minimum absolute atomic E-state index is 0.0605. The molecule has 142 valence electrons. The minimum Gasteiger partial charge on any atom is -0.493 e. The number of benzene rings is 1. The number of nitrogens with zero attached hydrogens (tertiary/aromatic N) is 1. The number of aryl methyl sites for hydroxylation is 2. The van der Waals surface area contributed by atoms with Gasteiger partial charge < -0.3 is 18.8 Å². The number of halogens is 1. The molecule has 0 radical (unpaired) electrons. The van der Waals surface area contributed by atoms with E-state index in [0.29, 0.717) is 29.1 Å². The summed E-state index contributed by atoms with van der Waals surface area (Å²) in [5, 5.41) is 0. The fraction of sp³-hybridized carbons (Fsp3) is 0.300. The Hall–Kier alpha value is -3.09. The van der Waals surface area contributed by atoms with Crippen LogP contribution in [0.15, 0.2) is 36.3 Å². The number of Topliss-reactive ketones (excluding diaryl/α,β-unsaturated/α-hetero) is 1. The van der Waals surface area contributed by atoms with Gasteiger partial charge in [-0.05, 0) is 44.5 Å². The van der Waals surface area contributed by atoms with E-state index >= 15 is 0 Å². The molecule has 0 spiro atoms. The molecular formula is C20H20FNO5. The van der Waals surface area contributed by atoms with E-state index in [9.17, 15) is 14.0 Å². The lowest BCUT2D eigenvalue weighted by Crippen LogP contribution is -2.20. The summed E-state index contributed by atoms with van der Waals surface area (Å²) in [6.45, 7) is 5.47. The van der Waals surface area contributed by atoms with Gasteiger partial charge in [-0.2, -0.15) is 0 Å². The Bertz CT molecular complexity index is 929. The fourth-order valence-corrected chi connectivity index (χ4v) is 2.92. The Morgan fingerprint density at radius 2 is 1.96 bits per heavy atom. The molecule has 27 heavy (non-hydrogen) atoms. The van der Waals surface area contributed by atoms with Gasteiger partial charge in [0, 0.05) is 22.6 Å².